The number of rotatable bonds is 0. The van der Waals surface area contributed by atoms with Gasteiger partial charge in [0.1, 0.15) is 5.82 Å². The van der Waals surface area contributed by atoms with E-state index in [2.05, 4.69) is 0 Å². The van der Waals surface area contributed by atoms with Gasteiger partial charge in [0.15, 0.2) is 0 Å². The average molecular weight is 165 g/mol. The summed E-state index contributed by atoms with van der Waals surface area (Å²) in [5, 5.41) is 0. The molecule has 1 aromatic rings. The van der Waals surface area contributed by atoms with Crippen LogP contribution in [0.4, 0.5) is 4.39 Å². The van der Waals surface area contributed by atoms with Crippen molar-refractivity contribution in [1.82, 2.24) is 0 Å². The summed E-state index contributed by atoms with van der Waals surface area (Å²) in [5.74, 6) is -0.0939. The van der Waals surface area contributed by atoms with E-state index in [1.165, 1.54) is 6.07 Å². The van der Waals surface area contributed by atoms with E-state index >= 15 is 0 Å². The lowest BCUT2D eigenvalue weighted by atomic mass is 10.0. The molecule has 0 aromatic heterocycles. The van der Waals surface area contributed by atoms with Crippen molar-refractivity contribution in [3.8, 4) is 0 Å². The summed E-state index contributed by atoms with van der Waals surface area (Å²) in [4.78, 5) is 0. The Kier molecular flexibility index (Phi) is 1.65. The second-order valence-corrected chi connectivity index (χ2v) is 3.40. The molecule has 1 aromatic carbocycles. The number of halogens is 1. The molecular weight excluding hydrogens is 153 g/mol. The first-order valence-corrected chi connectivity index (χ1v) is 4.23. The van der Waals surface area contributed by atoms with Crippen LogP contribution in [0.15, 0.2) is 12.1 Å². The van der Waals surface area contributed by atoms with Gasteiger partial charge in [-0.15, -0.1) is 0 Å². The van der Waals surface area contributed by atoms with Crippen molar-refractivity contribution < 1.29 is 4.39 Å². The summed E-state index contributed by atoms with van der Waals surface area (Å²) in [6, 6.07) is 3.39. The van der Waals surface area contributed by atoms with Crippen molar-refractivity contribution in [1.29, 1.82) is 0 Å². The van der Waals surface area contributed by atoms with Crippen LogP contribution < -0.4 is 5.73 Å². The zero-order chi connectivity index (χ0) is 8.72. The van der Waals surface area contributed by atoms with Crippen LogP contribution in [-0.2, 0) is 6.42 Å². The molecule has 2 heteroatoms. The Bertz CT molecular complexity index is 320. The van der Waals surface area contributed by atoms with E-state index < -0.39 is 0 Å². The maximum absolute atomic E-state index is 13.2. The fraction of sp³-hybridized carbons (Fsp3) is 0.400. The van der Waals surface area contributed by atoms with Gasteiger partial charge < -0.3 is 5.73 Å². The van der Waals surface area contributed by atoms with Gasteiger partial charge >= 0.3 is 0 Å². The molecule has 1 atom stereocenters. The molecule has 0 saturated carbocycles. The SMILES string of the molecule is Cc1ccc(F)c2c1[C@H](N)CC2. The molecule has 0 aliphatic heterocycles. The first kappa shape index (κ1) is 7.74. The number of nitrogens with two attached hydrogens (primary N) is 1. The van der Waals surface area contributed by atoms with Crippen LogP contribution in [0.2, 0.25) is 0 Å². The first-order chi connectivity index (χ1) is 5.70. The summed E-state index contributed by atoms with van der Waals surface area (Å²) < 4.78 is 13.2. The molecule has 1 nitrogen and oxygen atoms in total. The molecule has 64 valence electrons. The monoisotopic (exact) mass is 165 g/mol. The maximum Gasteiger partial charge on any atom is 0.126 e. The van der Waals surface area contributed by atoms with Crippen LogP contribution in [0.3, 0.4) is 0 Å². The lowest BCUT2D eigenvalue weighted by Gasteiger charge is -2.08. The van der Waals surface area contributed by atoms with Gasteiger partial charge in [0.25, 0.3) is 0 Å². The number of hydrogen-bond donors (Lipinski definition) is 1. The highest BCUT2D eigenvalue weighted by Gasteiger charge is 2.23. The average Bonchev–Trinajstić information content (AvgIpc) is 2.42. The zero-order valence-corrected chi connectivity index (χ0v) is 7.10. The lowest BCUT2D eigenvalue weighted by Crippen LogP contribution is -2.07. The van der Waals surface area contributed by atoms with E-state index in [0.717, 1.165) is 29.5 Å². The fourth-order valence-corrected chi connectivity index (χ4v) is 1.97. The van der Waals surface area contributed by atoms with Crippen molar-refractivity contribution >= 4 is 0 Å². The van der Waals surface area contributed by atoms with Crippen molar-refractivity contribution in [3.05, 3.63) is 34.6 Å². The molecule has 0 unspecified atom stereocenters. The fourth-order valence-electron chi connectivity index (χ4n) is 1.97. The molecule has 0 amide bonds. The van der Waals surface area contributed by atoms with Crippen molar-refractivity contribution in [2.45, 2.75) is 25.8 Å². The molecule has 12 heavy (non-hydrogen) atoms. The molecule has 2 N–H and O–H groups in total. The van der Waals surface area contributed by atoms with Crippen LogP contribution in [0.25, 0.3) is 0 Å². The first-order valence-electron chi connectivity index (χ1n) is 4.23. The molecule has 0 spiro atoms. The predicted molar refractivity (Wildman–Crippen MR) is 46.4 cm³/mol. The highest BCUT2D eigenvalue weighted by molar-refractivity contribution is 5.41. The minimum Gasteiger partial charge on any atom is -0.324 e. The molecule has 1 aliphatic carbocycles. The third-order valence-electron chi connectivity index (χ3n) is 2.59. The Morgan fingerprint density at radius 1 is 1.50 bits per heavy atom. The van der Waals surface area contributed by atoms with Gasteiger partial charge in [-0.2, -0.15) is 0 Å². The maximum atomic E-state index is 13.2. The number of aryl methyl sites for hydroxylation is 1. The molecule has 1 aliphatic rings. The molecule has 2 rings (SSSR count). The highest BCUT2D eigenvalue weighted by Crippen LogP contribution is 2.33. The topological polar surface area (TPSA) is 26.0 Å². The largest absolute Gasteiger partial charge is 0.324 e. The van der Waals surface area contributed by atoms with Crippen LogP contribution >= 0.6 is 0 Å². The van der Waals surface area contributed by atoms with Gasteiger partial charge in [-0.3, -0.25) is 0 Å². The lowest BCUT2D eigenvalue weighted by molar-refractivity contribution is 0.612. The van der Waals surface area contributed by atoms with E-state index in [1.807, 2.05) is 6.92 Å². The standard InChI is InChI=1S/C10H12FN/c1-6-2-4-8(11)7-3-5-9(12)10(6)7/h2,4,9H,3,5,12H2,1H3/t9-/m1/s1. The summed E-state index contributed by atoms with van der Waals surface area (Å²) >= 11 is 0. The van der Waals surface area contributed by atoms with Gasteiger partial charge in [0.2, 0.25) is 0 Å². The normalized spacial score (nSPS) is 21.1. The van der Waals surface area contributed by atoms with Crippen LogP contribution in [0.5, 0.6) is 0 Å². The highest BCUT2D eigenvalue weighted by atomic mass is 19.1. The van der Waals surface area contributed by atoms with Crippen LogP contribution in [0.1, 0.15) is 29.2 Å². The van der Waals surface area contributed by atoms with E-state index in [1.54, 1.807) is 6.07 Å². The Balaban J connectivity index is 2.64. The molecule has 0 saturated heterocycles. The summed E-state index contributed by atoms with van der Waals surface area (Å²) in [6.45, 7) is 1.99. The summed E-state index contributed by atoms with van der Waals surface area (Å²) in [5.41, 5.74) is 8.84. The Labute approximate surface area is 71.4 Å². The Morgan fingerprint density at radius 2 is 2.25 bits per heavy atom. The Morgan fingerprint density at radius 3 is 2.92 bits per heavy atom. The number of benzene rings is 1. The minimum absolute atomic E-state index is 0.0516. The molecule has 0 radical (unpaired) electrons. The second kappa shape index (κ2) is 2.56. The van der Waals surface area contributed by atoms with Gasteiger partial charge in [0.05, 0.1) is 0 Å². The van der Waals surface area contributed by atoms with E-state index in [4.69, 9.17) is 5.73 Å². The van der Waals surface area contributed by atoms with E-state index in [0.29, 0.717) is 0 Å². The third-order valence-corrected chi connectivity index (χ3v) is 2.59. The van der Waals surface area contributed by atoms with Crippen molar-refractivity contribution in [2.75, 3.05) is 0 Å². The van der Waals surface area contributed by atoms with Gasteiger partial charge in [-0.05, 0) is 42.5 Å². The van der Waals surface area contributed by atoms with Crippen molar-refractivity contribution in [3.63, 3.8) is 0 Å². The predicted octanol–water partition coefficient (Wildman–Crippen LogP) is 2.08. The van der Waals surface area contributed by atoms with Gasteiger partial charge in [0, 0.05) is 6.04 Å². The molecular formula is C10H12FN. The molecule has 0 bridgehead atoms. The van der Waals surface area contributed by atoms with E-state index in [9.17, 15) is 4.39 Å². The number of fused-ring (bicyclic) bond motifs is 1. The molecule has 0 heterocycles. The second-order valence-electron chi connectivity index (χ2n) is 3.40. The minimum atomic E-state index is -0.0939. The van der Waals surface area contributed by atoms with Gasteiger partial charge in [-0.1, -0.05) is 6.07 Å². The number of hydrogen-bond acceptors (Lipinski definition) is 1. The smallest absolute Gasteiger partial charge is 0.126 e. The Hall–Kier alpha value is -0.890. The zero-order valence-electron chi connectivity index (χ0n) is 7.10. The van der Waals surface area contributed by atoms with Gasteiger partial charge in [-0.25, -0.2) is 4.39 Å². The molecule has 0 fully saturated rings. The summed E-state index contributed by atoms with van der Waals surface area (Å²) in [6.07, 6.45) is 1.68. The quantitative estimate of drug-likeness (QED) is 0.625. The summed E-state index contributed by atoms with van der Waals surface area (Å²) in [7, 11) is 0. The third kappa shape index (κ3) is 0.950. The van der Waals surface area contributed by atoms with Crippen LogP contribution in [0, 0.1) is 12.7 Å². The van der Waals surface area contributed by atoms with Crippen LogP contribution in [-0.4, -0.2) is 0 Å². The van der Waals surface area contributed by atoms with E-state index in [-0.39, 0.29) is 11.9 Å². The van der Waals surface area contributed by atoms with Crippen molar-refractivity contribution in [2.24, 2.45) is 5.73 Å².